The Morgan fingerprint density at radius 1 is 1.06 bits per heavy atom. The Morgan fingerprint density at radius 2 is 1.63 bits per heavy atom. The smallest absolute Gasteiger partial charge is 0.407 e. The zero-order valence-corrected chi connectivity index (χ0v) is 19.2. The number of halogens is 3. The van der Waals surface area contributed by atoms with Gasteiger partial charge in [-0.15, -0.1) is 0 Å². The molecular weight excluding hydrogens is 465 g/mol. The van der Waals surface area contributed by atoms with Crippen LogP contribution in [0.2, 0.25) is 0 Å². The molecule has 1 atom stereocenters. The third-order valence-electron chi connectivity index (χ3n) is 6.08. The summed E-state index contributed by atoms with van der Waals surface area (Å²) in [5.74, 6) is -4.11. The Bertz CT molecular complexity index is 1030. The van der Waals surface area contributed by atoms with Crippen LogP contribution >= 0.6 is 0 Å². The fourth-order valence-corrected chi connectivity index (χ4v) is 4.13. The van der Waals surface area contributed by atoms with Gasteiger partial charge in [0.1, 0.15) is 6.61 Å². The SMILES string of the molecule is CN(CCC(=O)O)C(=O)CC(CCNC(=O)OCC1c2ccccc2-c2ccccc21)C(F)(F)F. The summed E-state index contributed by atoms with van der Waals surface area (Å²) in [7, 11) is 1.26. The number of hydrogen-bond donors (Lipinski definition) is 2. The lowest BCUT2D eigenvalue weighted by atomic mass is 9.98. The van der Waals surface area contributed by atoms with E-state index in [-0.39, 0.29) is 32.0 Å². The van der Waals surface area contributed by atoms with Gasteiger partial charge in [0.25, 0.3) is 0 Å². The second-order valence-electron chi connectivity index (χ2n) is 8.44. The first-order valence-corrected chi connectivity index (χ1v) is 11.2. The van der Waals surface area contributed by atoms with Crippen LogP contribution in [0.3, 0.4) is 0 Å². The van der Waals surface area contributed by atoms with Gasteiger partial charge >= 0.3 is 18.2 Å². The number of carbonyl (C=O) groups is 3. The minimum absolute atomic E-state index is 0.0371. The van der Waals surface area contributed by atoms with E-state index in [4.69, 9.17) is 9.84 Å². The number of aliphatic carboxylic acids is 1. The number of nitrogens with one attached hydrogen (secondary N) is 1. The molecule has 2 aromatic rings. The lowest BCUT2D eigenvalue weighted by molar-refractivity contribution is -0.182. The van der Waals surface area contributed by atoms with E-state index in [1.54, 1.807) is 0 Å². The number of alkyl halides is 3. The molecule has 7 nitrogen and oxygen atoms in total. The number of benzene rings is 2. The van der Waals surface area contributed by atoms with Crippen molar-refractivity contribution >= 4 is 18.0 Å². The number of ether oxygens (including phenoxy) is 1. The average Bonchev–Trinajstić information content (AvgIpc) is 3.13. The summed E-state index contributed by atoms with van der Waals surface area (Å²) in [5.41, 5.74) is 4.15. The maximum Gasteiger partial charge on any atom is 0.407 e. The topological polar surface area (TPSA) is 95.9 Å². The van der Waals surface area contributed by atoms with Crippen LogP contribution < -0.4 is 5.32 Å². The van der Waals surface area contributed by atoms with Gasteiger partial charge in [-0.1, -0.05) is 48.5 Å². The Balaban J connectivity index is 1.51. The number of rotatable bonds is 10. The number of alkyl carbamates (subject to hydrolysis) is 1. The van der Waals surface area contributed by atoms with Crippen LogP contribution in [-0.2, 0) is 14.3 Å². The second-order valence-corrected chi connectivity index (χ2v) is 8.44. The first-order valence-electron chi connectivity index (χ1n) is 11.2. The molecule has 2 amide bonds. The number of carboxylic acid groups (broad SMARTS) is 1. The molecule has 35 heavy (non-hydrogen) atoms. The van der Waals surface area contributed by atoms with Crippen molar-refractivity contribution in [1.82, 2.24) is 10.2 Å². The molecule has 1 unspecified atom stereocenters. The van der Waals surface area contributed by atoms with E-state index in [1.165, 1.54) is 7.05 Å². The first-order chi connectivity index (χ1) is 16.6. The summed E-state index contributed by atoms with van der Waals surface area (Å²) < 4.78 is 45.5. The van der Waals surface area contributed by atoms with E-state index in [2.05, 4.69) is 5.32 Å². The fraction of sp³-hybridized carbons (Fsp3) is 0.400. The molecule has 0 saturated heterocycles. The van der Waals surface area contributed by atoms with Gasteiger partial charge in [0.15, 0.2) is 0 Å². The van der Waals surface area contributed by atoms with Gasteiger partial charge in [-0.2, -0.15) is 13.2 Å². The van der Waals surface area contributed by atoms with Crippen molar-refractivity contribution in [2.75, 3.05) is 26.7 Å². The molecule has 2 N–H and O–H groups in total. The number of nitrogens with zero attached hydrogens (tertiary/aromatic N) is 1. The van der Waals surface area contributed by atoms with Crippen molar-refractivity contribution in [3.8, 4) is 11.1 Å². The highest BCUT2D eigenvalue weighted by molar-refractivity contribution is 5.79. The van der Waals surface area contributed by atoms with Crippen LogP contribution in [0.25, 0.3) is 11.1 Å². The van der Waals surface area contributed by atoms with Crippen molar-refractivity contribution in [3.63, 3.8) is 0 Å². The zero-order valence-electron chi connectivity index (χ0n) is 19.2. The van der Waals surface area contributed by atoms with Crippen LogP contribution in [0.1, 0.15) is 36.3 Å². The normalized spacial score (nSPS) is 13.5. The monoisotopic (exact) mass is 492 g/mol. The van der Waals surface area contributed by atoms with Crippen molar-refractivity contribution in [3.05, 3.63) is 59.7 Å². The van der Waals surface area contributed by atoms with Gasteiger partial charge in [0, 0.05) is 32.5 Å². The number of amides is 2. The number of carboxylic acids is 1. The van der Waals surface area contributed by atoms with E-state index in [0.29, 0.717) is 0 Å². The largest absolute Gasteiger partial charge is 0.481 e. The van der Waals surface area contributed by atoms with E-state index in [1.807, 2.05) is 48.5 Å². The molecule has 0 heterocycles. The minimum atomic E-state index is -4.65. The summed E-state index contributed by atoms with van der Waals surface area (Å²) in [4.78, 5) is 35.8. The Hall–Kier alpha value is -3.56. The van der Waals surface area contributed by atoms with Crippen LogP contribution in [-0.4, -0.2) is 60.9 Å². The van der Waals surface area contributed by atoms with Crippen LogP contribution in [0.15, 0.2) is 48.5 Å². The average molecular weight is 492 g/mol. The second kappa shape index (κ2) is 11.2. The third kappa shape index (κ3) is 6.74. The molecule has 1 aliphatic carbocycles. The number of hydrogen-bond acceptors (Lipinski definition) is 4. The van der Waals surface area contributed by atoms with E-state index < -0.39 is 42.9 Å². The number of carbonyl (C=O) groups excluding carboxylic acids is 2. The van der Waals surface area contributed by atoms with Crippen molar-refractivity contribution in [2.24, 2.45) is 5.92 Å². The lowest BCUT2D eigenvalue weighted by Gasteiger charge is -2.23. The molecule has 10 heteroatoms. The lowest BCUT2D eigenvalue weighted by Crippen LogP contribution is -2.36. The van der Waals surface area contributed by atoms with Gasteiger partial charge in [-0.05, 0) is 28.7 Å². The quantitative estimate of drug-likeness (QED) is 0.512. The summed E-state index contributed by atoms with van der Waals surface area (Å²) in [6, 6.07) is 15.6. The van der Waals surface area contributed by atoms with Crippen molar-refractivity contribution in [1.29, 1.82) is 0 Å². The molecule has 1 aliphatic rings. The van der Waals surface area contributed by atoms with E-state index >= 15 is 0 Å². The number of fused-ring (bicyclic) bond motifs is 3. The molecule has 2 aromatic carbocycles. The van der Waals surface area contributed by atoms with Crippen molar-refractivity contribution in [2.45, 2.75) is 31.4 Å². The molecule has 188 valence electrons. The standard InChI is InChI=1S/C25H27F3N2O5/c1-30(13-11-23(32)33)22(31)14-16(25(26,27)28)10-12-29-24(34)35-15-21-19-8-4-2-6-17(19)18-7-3-5-9-20(18)21/h2-9,16,21H,10-15H2,1H3,(H,29,34)(H,32,33). The Morgan fingerprint density at radius 3 is 2.17 bits per heavy atom. The van der Waals surface area contributed by atoms with Gasteiger partial charge in [-0.3, -0.25) is 9.59 Å². The van der Waals surface area contributed by atoms with E-state index in [9.17, 15) is 27.6 Å². The summed E-state index contributed by atoms with van der Waals surface area (Å²) in [5, 5.41) is 11.0. The molecule has 0 aromatic heterocycles. The zero-order chi connectivity index (χ0) is 25.6. The van der Waals surface area contributed by atoms with Crippen LogP contribution in [0.5, 0.6) is 0 Å². The first kappa shape index (κ1) is 26.1. The molecule has 0 fully saturated rings. The Kier molecular flexibility index (Phi) is 8.37. The molecule has 0 bridgehead atoms. The summed E-state index contributed by atoms with van der Waals surface area (Å²) in [6.07, 6.45) is -7.18. The highest BCUT2D eigenvalue weighted by Gasteiger charge is 2.41. The van der Waals surface area contributed by atoms with Gasteiger partial charge in [0.05, 0.1) is 12.3 Å². The van der Waals surface area contributed by atoms with E-state index in [0.717, 1.165) is 27.2 Å². The highest BCUT2D eigenvalue weighted by Crippen LogP contribution is 2.44. The third-order valence-corrected chi connectivity index (χ3v) is 6.08. The predicted octanol–water partition coefficient (Wildman–Crippen LogP) is 4.42. The molecule has 3 rings (SSSR count). The van der Waals surface area contributed by atoms with Crippen LogP contribution in [0, 0.1) is 5.92 Å². The van der Waals surface area contributed by atoms with Gasteiger partial charge < -0.3 is 20.1 Å². The predicted molar refractivity (Wildman–Crippen MR) is 122 cm³/mol. The van der Waals surface area contributed by atoms with Crippen LogP contribution in [0.4, 0.5) is 18.0 Å². The minimum Gasteiger partial charge on any atom is -0.481 e. The molecule has 0 radical (unpaired) electrons. The maximum absolute atomic E-state index is 13.4. The molecule has 0 spiro atoms. The Labute approximate surface area is 200 Å². The summed E-state index contributed by atoms with van der Waals surface area (Å²) in [6.45, 7) is -0.473. The maximum atomic E-state index is 13.4. The van der Waals surface area contributed by atoms with Crippen molar-refractivity contribution < 1.29 is 37.4 Å². The van der Waals surface area contributed by atoms with Gasteiger partial charge in [-0.25, -0.2) is 4.79 Å². The molecule has 0 saturated carbocycles. The molecular formula is C25H27F3N2O5. The fourth-order valence-electron chi connectivity index (χ4n) is 4.13. The van der Waals surface area contributed by atoms with Gasteiger partial charge in [0.2, 0.25) is 5.91 Å². The summed E-state index contributed by atoms with van der Waals surface area (Å²) >= 11 is 0. The highest BCUT2D eigenvalue weighted by atomic mass is 19.4. The molecule has 0 aliphatic heterocycles.